The number of rotatable bonds is 3. The van der Waals surface area contributed by atoms with Gasteiger partial charge in [0.2, 0.25) is 0 Å². The first-order chi connectivity index (χ1) is 18.9. The molecule has 0 aromatic heterocycles. The summed E-state index contributed by atoms with van der Waals surface area (Å²) < 4.78 is 0. The zero-order chi connectivity index (χ0) is 25.1. The highest BCUT2D eigenvalue weighted by molar-refractivity contribution is 6.30. The molecule has 0 nitrogen and oxygen atoms in total. The van der Waals surface area contributed by atoms with Gasteiger partial charge in [0.15, 0.2) is 0 Å². The second-order valence-corrected chi connectivity index (χ2v) is 10.1. The molecular formula is C38H24. The van der Waals surface area contributed by atoms with Gasteiger partial charge in [0.1, 0.15) is 0 Å². The summed E-state index contributed by atoms with van der Waals surface area (Å²) in [6, 6.07) is 53.3. The predicted molar refractivity (Wildman–Crippen MR) is 164 cm³/mol. The molecule has 8 rings (SSSR count). The lowest BCUT2D eigenvalue weighted by atomic mass is 9.83. The van der Waals surface area contributed by atoms with Crippen LogP contribution in [0.3, 0.4) is 0 Å². The third-order valence-corrected chi connectivity index (χ3v) is 8.03. The molecule has 0 atom stereocenters. The van der Waals surface area contributed by atoms with E-state index in [4.69, 9.17) is 0 Å². The molecule has 8 aromatic carbocycles. The van der Waals surface area contributed by atoms with Crippen LogP contribution in [0.25, 0.3) is 76.5 Å². The van der Waals surface area contributed by atoms with Crippen LogP contribution < -0.4 is 0 Å². The lowest BCUT2D eigenvalue weighted by Crippen LogP contribution is -1.92. The molecule has 0 heteroatoms. The van der Waals surface area contributed by atoms with Gasteiger partial charge in [-0.2, -0.15) is 0 Å². The average molecular weight is 481 g/mol. The van der Waals surface area contributed by atoms with Crippen LogP contribution in [0.1, 0.15) is 0 Å². The van der Waals surface area contributed by atoms with Crippen molar-refractivity contribution in [2.45, 2.75) is 0 Å². The number of hydrogen-bond donors (Lipinski definition) is 0. The highest BCUT2D eigenvalue weighted by Gasteiger charge is 2.19. The summed E-state index contributed by atoms with van der Waals surface area (Å²) in [4.78, 5) is 0. The Labute approximate surface area is 221 Å². The minimum absolute atomic E-state index is 1.25. The maximum absolute atomic E-state index is 2.41. The van der Waals surface area contributed by atoms with Crippen LogP contribution in [0.15, 0.2) is 146 Å². The number of fused-ring (bicyclic) bond motifs is 1. The zero-order valence-electron chi connectivity index (χ0n) is 20.9. The Hall–Kier alpha value is -4.94. The molecule has 0 unspecified atom stereocenters. The van der Waals surface area contributed by atoms with Crippen molar-refractivity contribution in [3.63, 3.8) is 0 Å². The molecular weight excluding hydrogens is 456 g/mol. The maximum atomic E-state index is 2.41. The smallest absolute Gasteiger partial charge is 0.00141 e. The van der Waals surface area contributed by atoms with Crippen LogP contribution in [0, 0.1) is 0 Å². The van der Waals surface area contributed by atoms with Gasteiger partial charge in [-0.05, 0) is 82.5 Å². The molecule has 0 spiro atoms. The van der Waals surface area contributed by atoms with E-state index in [-0.39, 0.29) is 0 Å². The van der Waals surface area contributed by atoms with Crippen molar-refractivity contribution in [1.29, 1.82) is 0 Å². The third-order valence-electron chi connectivity index (χ3n) is 8.03. The second kappa shape index (κ2) is 8.30. The van der Waals surface area contributed by atoms with Gasteiger partial charge in [-0.25, -0.2) is 0 Å². The Morgan fingerprint density at radius 3 is 1.63 bits per heavy atom. The molecule has 0 radical (unpaired) electrons. The Kier molecular flexibility index (Phi) is 4.62. The highest BCUT2D eigenvalue weighted by atomic mass is 14.2. The third kappa shape index (κ3) is 3.11. The molecule has 0 saturated heterocycles. The van der Waals surface area contributed by atoms with Crippen molar-refractivity contribution < 1.29 is 0 Å². The molecule has 0 amide bonds. The lowest BCUT2D eigenvalue weighted by molar-refractivity contribution is 1.64. The minimum Gasteiger partial charge on any atom is -0.0622 e. The van der Waals surface area contributed by atoms with Crippen molar-refractivity contribution in [3.05, 3.63) is 146 Å². The molecule has 0 saturated carbocycles. The van der Waals surface area contributed by atoms with E-state index >= 15 is 0 Å². The van der Waals surface area contributed by atoms with E-state index in [1.54, 1.807) is 0 Å². The van der Waals surface area contributed by atoms with Gasteiger partial charge in [0.25, 0.3) is 0 Å². The first kappa shape index (κ1) is 21.2. The molecule has 176 valence electrons. The summed E-state index contributed by atoms with van der Waals surface area (Å²) >= 11 is 0. The molecule has 0 aliphatic carbocycles. The zero-order valence-corrected chi connectivity index (χ0v) is 20.9. The van der Waals surface area contributed by atoms with Gasteiger partial charge >= 0.3 is 0 Å². The monoisotopic (exact) mass is 480 g/mol. The van der Waals surface area contributed by atoms with E-state index in [9.17, 15) is 0 Å². The average Bonchev–Trinajstić information content (AvgIpc) is 3.00. The van der Waals surface area contributed by atoms with Gasteiger partial charge < -0.3 is 0 Å². The topological polar surface area (TPSA) is 0 Å². The summed E-state index contributed by atoms with van der Waals surface area (Å²) in [6.07, 6.45) is 0. The molecule has 8 aromatic rings. The number of hydrogen-bond acceptors (Lipinski definition) is 0. The van der Waals surface area contributed by atoms with Gasteiger partial charge in [-0.3, -0.25) is 0 Å². The summed E-state index contributed by atoms with van der Waals surface area (Å²) in [6.45, 7) is 0. The fraction of sp³-hybridized carbons (Fsp3) is 0. The molecule has 0 heterocycles. The SMILES string of the molecule is c1ccc(-c2ccc3ccc4c(-c5ccccc5)cc(-c5cccc6ccccc56)c5ccc2c3c45)cc1. The van der Waals surface area contributed by atoms with Crippen LogP contribution in [0.5, 0.6) is 0 Å². The van der Waals surface area contributed by atoms with Crippen LogP contribution >= 0.6 is 0 Å². The quantitative estimate of drug-likeness (QED) is 0.221. The van der Waals surface area contributed by atoms with Crippen LogP contribution in [-0.4, -0.2) is 0 Å². The van der Waals surface area contributed by atoms with Gasteiger partial charge in [-0.15, -0.1) is 0 Å². The molecule has 38 heavy (non-hydrogen) atoms. The van der Waals surface area contributed by atoms with E-state index in [2.05, 4.69) is 146 Å². The van der Waals surface area contributed by atoms with E-state index < -0.39 is 0 Å². The van der Waals surface area contributed by atoms with Gasteiger partial charge in [0, 0.05) is 0 Å². The van der Waals surface area contributed by atoms with Crippen LogP contribution in [-0.2, 0) is 0 Å². The first-order valence-corrected chi connectivity index (χ1v) is 13.2. The summed E-state index contributed by atoms with van der Waals surface area (Å²) in [5.74, 6) is 0. The van der Waals surface area contributed by atoms with Crippen molar-refractivity contribution in [2.75, 3.05) is 0 Å². The fourth-order valence-corrected chi connectivity index (χ4v) is 6.31. The summed E-state index contributed by atoms with van der Waals surface area (Å²) in [5.41, 5.74) is 7.62. The fourth-order valence-electron chi connectivity index (χ4n) is 6.31. The molecule has 0 fully saturated rings. The normalized spacial score (nSPS) is 11.7. The Morgan fingerprint density at radius 2 is 0.842 bits per heavy atom. The second-order valence-electron chi connectivity index (χ2n) is 10.1. The minimum atomic E-state index is 1.25. The highest BCUT2D eigenvalue weighted by Crippen LogP contribution is 2.46. The predicted octanol–water partition coefficient (Wildman–Crippen LogP) is 10.7. The van der Waals surface area contributed by atoms with E-state index in [1.807, 2.05) is 0 Å². The maximum Gasteiger partial charge on any atom is -0.00141 e. The molecule has 0 bridgehead atoms. The molecule has 0 aliphatic heterocycles. The van der Waals surface area contributed by atoms with Crippen LogP contribution in [0.4, 0.5) is 0 Å². The summed E-state index contributed by atoms with van der Waals surface area (Å²) in [7, 11) is 0. The molecule has 0 N–H and O–H groups in total. The first-order valence-electron chi connectivity index (χ1n) is 13.2. The van der Waals surface area contributed by atoms with Gasteiger partial charge in [0.05, 0.1) is 0 Å². The summed E-state index contributed by atoms with van der Waals surface area (Å²) in [5, 5.41) is 10.4. The Morgan fingerprint density at radius 1 is 0.263 bits per heavy atom. The Balaban J connectivity index is 1.57. The van der Waals surface area contributed by atoms with Crippen molar-refractivity contribution >= 4 is 43.1 Å². The van der Waals surface area contributed by atoms with E-state index in [1.165, 1.54) is 76.5 Å². The molecule has 0 aliphatic rings. The lowest BCUT2D eigenvalue weighted by Gasteiger charge is -2.20. The largest absolute Gasteiger partial charge is 0.0622 e. The van der Waals surface area contributed by atoms with E-state index in [0.717, 1.165) is 0 Å². The van der Waals surface area contributed by atoms with Crippen molar-refractivity contribution in [2.24, 2.45) is 0 Å². The van der Waals surface area contributed by atoms with Crippen molar-refractivity contribution in [1.82, 2.24) is 0 Å². The van der Waals surface area contributed by atoms with Gasteiger partial charge in [-0.1, -0.05) is 140 Å². The van der Waals surface area contributed by atoms with Crippen LogP contribution in [0.2, 0.25) is 0 Å². The Bertz CT molecular complexity index is 2100. The van der Waals surface area contributed by atoms with E-state index in [0.29, 0.717) is 0 Å². The number of benzene rings is 8. The standard InChI is InChI=1S/C38H24/c1-3-10-25(11-4-1)30-20-18-28-19-21-33-35(27-12-5-2-6-13-27)24-36(34-23-22-32(30)37(28)38(33)34)31-17-9-15-26-14-7-8-16-29(26)31/h1-24H. The van der Waals surface area contributed by atoms with Crippen molar-refractivity contribution in [3.8, 4) is 33.4 Å².